The highest BCUT2D eigenvalue weighted by molar-refractivity contribution is 6.12. The van der Waals surface area contributed by atoms with E-state index in [2.05, 4.69) is 0 Å². The first kappa shape index (κ1) is 14.0. The lowest BCUT2D eigenvalue weighted by Crippen LogP contribution is -2.11. The lowest BCUT2D eigenvalue weighted by Gasteiger charge is -2.10. The van der Waals surface area contributed by atoms with Gasteiger partial charge < -0.3 is 10.5 Å². The average molecular weight is 277 g/mol. The topological polar surface area (TPSA) is 52.3 Å². The Kier molecular flexibility index (Phi) is 3.70. The quantitative estimate of drug-likeness (QED) is 0.693. The molecule has 0 fully saturated rings. The molecule has 5 heteroatoms. The summed E-state index contributed by atoms with van der Waals surface area (Å²) in [5, 5.41) is 0. The van der Waals surface area contributed by atoms with E-state index in [1.165, 1.54) is 32.2 Å². The largest absolute Gasteiger partial charge is 0.497 e. The van der Waals surface area contributed by atoms with Gasteiger partial charge in [0.2, 0.25) is 5.78 Å². The van der Waals surface area contributed by atoms with Gasteiger partial charge in [0.15, 0.2) is 0 Å². The molecule has 2 N–H and O–H groups in total. The third-order valence-corrected chi connectivity index (χ3v) is 3.02. The fourth-order valence-corrected chi connectivity index (χ4v) is 1.86. The highest BCUT2D eigenvalue weighted by Gasteiger charge is 2.22. The maximum absolute atomic E-state index is 14.0. The third kappa shape index (κ3) is 2.34. The Hall–Kier alpha value is -2.43. The van der Waals surface area contributed by atoms with Gasteiger partial charge in [-0.15, -0.1) is 0 Å². The minimum absolute atomic E-state index is 0.00718. The van der Waals surface area contributed by atoms with Gasteiger partial charge in [0, 0.05) is 11.3 Å². The Bertz CT molecular complexity index is 684. The normalized spacial score (nSPS) is 10.4. The van der Waals surface area contributed by atoms with Crippen LogP contribution in [0.2, 0.25) is 0 Å². The fourth-order valence-electron chi connectivity index (χ4n) is 1.86. The van der Waals surface area contributed by atoms with E-state index >= 15 is 0 Å². The summed E-state index contributed by atoms with van der Waals surface area (Å²) in [6, 6.07) is 6.71. The molecule has 0 spiro atoms. The smallest absolute Gasteiger partial charge is 0.201 e. The molecule has 0 unspecified atom stereocenters. The van der Waals surface area contributed by atoms with E-state index in [9.17, 15) is 13.6 Å². The van der Waals surface area contributed by atoms with Crippen molar-refractivity contribution in [1.29, 1.82) is 0 Å². The van der Waals surface area contributed by atoms with Gasteiger partial charge in [-0.3, -0.25) is 4.79 Å². The van der Waals surface area contributed by atoms with E-state index in [1.807, 2.05) is 0 Å². The zero-order valence-corrected chi connectivity index (χ0v) is 11.0. The van der Waals surface area contributed by atoms with Gasteiger partial charge in [-0.2, -0.15) is 0 Å². The van der Waals surface area contributed by atoms with Gasteiger partial charge in [0.1, 0.15) is 17.4 Å². The lowest BCUT2D eigenvalue weighted by molar-refractivity contribution is 0.103. The number of carbonyl (C=O) groups is 1. The van der Waals surface area contributed by atoms with Gasteiger partial charge in [0.25, 0.3) is 0 Å². The van der Waals surface area contributed by atoms with Crippen LogP contribution >= 0.6 is 0 Å². The van der Waals surface area contributed by atoms with Crippen LogP contribution in [0, 0.1) is 18.6 Å². The number of methoxy groups -OCH3 is 1. The summed E-state index contributed by atoms with van der Waals surface area (Å²) in [7, 11) is 1.42. The van der Waals surface area contributed by atoms with E-state index in [-0.39, 0.29) is 16.8 Å². The molecule has 0 radical (unpaired) electrons. The summed E-state index contributed by atoms with van der Waals surface area (Å²) < 4.78 is 32.7. The molecular formula is C15H13F2NO2. The molecule has 2 aromatic carbocycles. The molecule has 0 heterocycles. The van der Waals surface area contributed by atoms with E-state index < -0.39 is 23.0 Å². The number of aryl methyl sites for hydroxylation is 1. The summed E-state index contributed by atoms with van der Waals surface area (Å²) in [6.45, 7) is 1.46. The second-order valence-corrected chi connectivity index (χ2v) is 4.34. The first-order valence-electron chi connectivity index (χ1n) is 5.88. The van der Waals surface area contributed by atoms with Crippen molar-refractivity contribution in [2.45, 2.75) is 6.92 Å². The van der Waals surface area contributed by atoms with Crippen LogP contribution in [0.4, 0.5) is 14.5 Å². The number of nitrogens with two attached hydrogens (primary N) is 1. The summed E-state index contributed by atoms with van der Waals surface area (Å²) in [4.78, 5) is 12.3. The molecule has 2 aromatic rings. The number of hydrogen-bond donors (Lipinski definition) is 1. The van der Waals surface area contributed by atoms with E-state index in [1.54, 1.807) is 6.07 Å². The zero-order valence-electron chi connectivity index (χ0n) is 11.0. The number of carbonyl (C=O) groups excluding carboxylic acids is 1. The molecule has 0 atom stereocenters. The summed E-state index contributed by atoms with van der Waals surface area (Å²) >= 11 is 0. The molecule has 0 amide bonds. The summed E-state index contributed by atoms with van der Waals surface area (Å²) in [5.74, 6) is -2.21. The molecular weight excluding hydrogens is 264 g/mol. The zero-order chi connectivity index (χ0) is 14.9. The standard InChI is InChI=1S/C15H13F2NO2/c1-8-3-5-11(16)13(14(8)17)15(19)10-7-9(20-2)4-6-12(10)18/h3-7H,18H2,1-2H3. The van der Waals surface area contributed by atoms with Crippen molar-refractivity contribution >= 4 is 11.5 Å². The van der Waals surface area contributed by atoms with Crippen LogP contribution < -0.4 is 10.5 Å². The Labute approximate surface area is 115 Å². The number of ketones is 1. The number of anilines is 1. The highest BCUT2D eigenvalue weighted by atomic mass is 19.1. The minimum Gasteiger partial charge on any atom is -0.497 e. The minimum atomic E-state index is -0.916. The van der Waals surface area contributed by atoms with Crippen LogP contribution in [0.1, 0.15) is 21.5 Å². The monoisotopic (exact) mass is 277 g/mol. The first-order chi connectivity index (χ1) is 9.45. The molecule has 3 nitrogen and oxygen atoms in total. The van der Waals surface area contributed by atoms with E-state index in [0.29, 0.717) is 5.75 Å². The number of hydrogen-bond acceptors (Lipinski definition) is 3. The Morgan fingerprint density at radius 1 is 1.20 bits per heavy atom. The van der Waals surface area contributed by atoms with Gasteiger partial charge in [0.05, 0.1) is 12.7 Å². The van der Waals surface area contributed by atoms with Crippen molar-refractivity contribution in [3.8, 4) is 5.75 Å². The predicted molar refractivity (Wildman–Crippen MR) is 71.9 cm³/mol. The van der Waals surface area contributed by atoms with Gasteiger partial charge in [-0.05, 0) is 36.8 Å². The molecule has 2 rings (SSSR count). The van der Waals surface area contributed by atoms with Crippen LogP contribution in [-0.2, 0) is 0 Å². The summed E-state index contributed by atoms with van der Waals surface area (Å²) in [5.41, 5.74) is 5.43. The number of rotatable bonds is 3. The number of halogens is 2. The molecule has 0 aliphatic carbocycles. The van der Waals surface area contributed by atoms with Crippen molar-refractivity contribution < 1.29 is 18.3 Å². The molecule has 0 bridgehead atoms. The number of benzene rings is 2. The fraction of sp³-hybridized carbons (Fsp3) is 0.133. The van der Waals surface area contributed by atoms with Crippen molar-refractivity contribution in [2.24, 2.45) is 0 Å². The molecule has 104 valence electrons. The van der Waals surface area contributed by atoms with Crippen LogP contribution in [-0.4, -0.2) is 12.9 Å². The SMILES string of the molecule is COc1ccc(N)c(C(=O)c2c(F)ccc(C)c2F)c1. The van der Waals surface area contributed by atoms with E-state index in [4.69, 9.17) is 10.5 Å². The average Bonchev–Trinajstić information content (AvgIpc) is 2.43. The third-order valence-electron chi connectivity index (χ3n) is 3.02. The van der Waals surface area contributed by atoms with Crippen molar-refractivity contribution in [3.05, 3.63) is 58.7 Å². The second kappa shape index (κ2) is 5.28. The van der Waals surface area contributed by atoms with Crippen LogP contribution in [0.5, 0.6) is 5.75 Å². The predicted octanol–water partition coefficient (Wildman–Crippen LogP) is 3.10. The van der Waals surface area contributed by atoms with Gasteiger partial charge >= 0.3 is 0 Å². The molecule has 0 aliphatic rings. The maximum atomic E-state index is 14.0. The molecule has 0 aromatic heterocycles. The molecule has 0 saturated heterocycles. The number of nitrogen functional groups attached to an aromatic ring is 1. The Balaban J connectivity index is 2.60. The Morgan fingerprint density at radius 3 is 2.55 bits per heavy atom. The molecule has 0 aliphatic heterocycles. The highest BCUT2D eigenvalue weighted by Crippen LogP contribution is 2.25. The lowest BCUT2D eigenvalue weighted by atomic mass is 9.98. The van der Waals surface area contributed by atoms with E-state index in [0.717, 1.165) is 6.07 Å². The summed E-state index contributed by atoms with van der Waals surface area (Å²) in [6.07, 6.45) is 0. The first-order valence-corrected chi connectivity index (χ1v) is 5.88. The molecule has 0 saturated carbocycles. The van der Waals surface area contributed by atoms with Crippen molar-refractivity contribution in [1.82, 2.24) is 0 Å². The Morgan fingerprint density at radius 2 is 1.90 bits per heavy atom. The van der Waals surface area contributed by atoms with Crippen LogP contribution in [0.25, 0.3) is 0 Å². The van der Waals surface area contributed by atoms with Gasteiger partial charge in [-0.25, -0.2) is 8.78 Å². The second-order valence-electron chi connectivity index (χ2n) is 4.34. The van der Waals surface area contributed by atoms with Crippen molar-refractivity contribution in [3.63, 3.8) is 0 Å². The van der Waals surface area contributed by atoms with Gasteiger partial charge in [-0.1, -0.05) is 6.07 Å². The van der Waals surface area contributed by atoms with Crippen molar-refractivity contribution in [2.75, 3.05) is 12.8 Å². The maximum Gasteiger partial charge on any atom is 0.201 e. The van der Waals surface area contributed by atoms with Crippen LogP contribution in [0.15, 0.2) is 30.3 Å². The van der Waals surface area contributed by atoms with Crippen LogP contribution in [0.3, 0.4) is 0 Å². The molecule has 20 heavy (non-hydrogen) atoms. The number of ether oxygens (including phenoxy) is 1.